The zero-order chi connectivity index (χ0) is 38.7. The maximum atomic E-state index is 15.3. The van der Waals surface area contributed by atoms with Gasteiger partial charge in [-0.3, -0.25) is 34.4 Å². The van der Waals surface area contributed by atoms with E-state index in [1.165, 1.54) is 12.7 Å². The zero-order valence-electron chi connectivity index (χ0n) is 31.6. The number of hydrogen-bond acceptors (Lipinski definition) is 8. The number of allylic oxidation sites excluding steroid dienone is 2. The molecule has 4 fully saturated rings. The number of phenolic OH excluding ortho intramolecular Hbond substituents is 1. The van der Waals surface area contributed by atoms with Crippen LogP contribution in [0.25, 0.3) is 0 Å². The number of amides is 4. The maximum absolute atomic E-state index is 15.3. The normalized spacial score (nSPS) is 27.8. The van der Waals surface area contributed by atoms with Crippen molar-refractivity contribution in [3.63, 3.8) is 0 Å². The number of nitrogens with zero attached hydrogens (tertiary/aromatic N) is 3. The number of benzene rings is 4. The molecule has 4 aromatic rings. The van der Waals surface area contributed by atoms with Crippen molar-refractivity contribution in [2.45, 2.75) is 56.5 Å². The van der Waals surface area contributed by atoms with Gasteiger partial charge in [-0.25, -0.2) is 0 Å². The molecular weight excluding hydrogens is 705 g/mol. The van der Waals surface area contributed by atoms with Gasteiger partial charge in [0.15, 0.2) is 11.5 Å². The van der Waals surface area contributed by atoms with Gasteiger partial charge >= 0.3 is 0 Å². The summed E-state index contributed by atoms with van der Waals surface area (Å²) in [5.41, 5.74) is 6.76. The number of aryl methyl sites for hydroxylation is 1. The van der Waals surface area contributed by atoms with E-state index in [9.17, 15) is 19.5 Å². The maximum Gasteiger partial charge on any atom is 0.260 e. The molecule has 2 aliphatic carbocycles. The molecule has 4 aromatic carbocycles. The molecule has 0 bridgehead atoms. The van der Waals surface area contributed by atoms with E-state index in [1.54, 1.807) is 17.0 Å². The highest BCUT2D eigenvalue weighted by molar-refractivity contribution is 6.13. The molecule has 0 unspecified atom stereocenters. The monoisotopic (exact) mass is 750 g/mol. The van der Waals surface area contributed by atoms with E-state index >= 15 is 4.79 Å². The van der Waals surface area contributed by atoms with Gasteiger partial charge in [0.2, 0.25) is 11.8 Å². The van der Waals surface area contributed by atoms with Crippen molar-refractivity contribution in [2.24, 2.45) is 23.7 Å². The van der Waals surface area contributed by atoms with Crippen LogP contribution in [0, 0.1) is 30.6 Å². The summed E-state index contributed by atoms with van der Waals surface area (Å²) in [7, 11) is 1.48. The third-order valence-corrected chi connectivity index (χ3v) is 13.1. The van der Waals surface area contributed by atoms with Crippen LogP contribution in [0.15, 0.2) is 115 Å². The number of rotatable bonds is 8. The van der Waals surface area contributed by atoms with Crippen molar-refractivity contribution in [2.75, 3.05) is 25.6 Å². The molecule has 0 spiro atoms. The molecule has 56 heavy (non-hydrogen) atoms. The first-order valence-corrected chi connectivity index (χ1v) is 19.7. The number of phenols is 1. The van der Waals surface area contributed by atoms with Gasteiger partial charge in [-0.2, -0.15) is 5.01 Å². The second-order valence-corrected chi connectivity index (χ2v) is 16.1. The first kappa shape index (κ1) is 35.9. The van der Waals surface area contributed by atoms with E-state index in [4.69, 9.17) is 4.74 Å². The van der Waals surface area contributed by atoms with Gasteiger partial charge in [-0.1, -0.05) is 96.1 Å². The van der Waals surface area contributed by atoms with Gasteiger partial charge < -0.3 is 9.84 Å². The van der Waals surface area contributed by atoms with Crippen molar-refractivity contribution in [1.29, 1.82) is 0 Å². The molecular formula is C46H46N4O6. The lowest BCUT2D eigenvalue weighted by atomic mass is 9.49. The smallest absolute Gasteiger partial charge is 0.260 e. The number of methoxy groups -OCH3 is 1. The van der Waals surface area contributed by atoms with E-state index in [1.807, 2.05) is 85.8 Å². The Kier molecular flexibility index (Phi) is 9.04. The first-order valence-electron chi connectivity index (χ1n) is 19.7. The third-order valence-electron chi connectivity index (χ3n) is 13.1. The number of carbonyl (C=O) groups excluding carboxylic acids is 4. The van der Waals surface area contributed by atoms with Gasteiger partial charge in [-0.15, -0.1) is 0 Å². The van der Waals surface area contributed by atoms with E-state index in [2.05, 4.69) is 28.5 Å². The van der Waals surface area contributed by atoms with Crippen LogP contribution in [-0.2, 0) is 31.1 Å². The number of ether oxygens (including phenoxy) is 1. The molecule has 1 saturated carbocycles. The molecule has 3 saturated heterocycles. The lowest BCUT2D eigenvalue weighted by Gasteiger charge is -2.50. The molecule has 6 atom stereocenters. The first-order chi connectivity index (χ1) is 27.2. The number of imide groups is 2. The molecule has 3 heterocycles. The van der Waals surface area contributed by atoms with Crippen LogP contribution in [0.1, 0.15) is 53.9 Å². The second-order valence-electron chi connectivity index (χ2n) is 16.1. The highest BCUT2D eigenvalue weighted by Crippen LogP contribution is 2.64. The molecule has 286 valence electrons. The minimum Gasteiger partial charge on any atom is -0.504 e. The van der Waals surface area contributed by atoms with Crippen LogP contribution >= 0.6 is 0 Å². The SMILES string of the molecule is COc1ccc([C@H]2C3=CC[C@@H]4C(=O)N(C5CCN(Cc6ccccc6)CC5)C(=O)[C@@H]4[C@@H]3C[C@H]3C(=O)N(Nc4ccc(C)cc4)C(=O)[C@@]23c2ccccc2)cc1O. The summed E-state index contributed by atoms with van der Waals surface area (Å²) in [5, 5.41) is 12.3. The quantitative estimate of drug-likeness (QED) is 0.158. The number of hydrogen-bond donors (Lipinski definition) is 2. The Bertz CT molecular complexity index is 2220. The van der Waals surface area contributed by atoms with Crippen LogP contribution in [0.5, 0.6) is 11.5 Å². The highest BCUT2D eigenvalue weighted by Gasteiger charge is 2.70. The number of aromatic hydroxyl groups is 1. The minimum atomic E-state index is -1.41. The topological polar surface area (TPSA) is 119 Å². The summed E-state index contributed by atoms with van der Waals surface area (Å²) in [5.74, 6) is -4.18. The number of fused-ring (bicyclic) bond motifs is 4. The van der Waals surface area contributed by atoms with E-state index < -0.39 is 40.9 Å². The number of nitrogens with one attached hydrogen (secondary N) is 1. The molecule has 2 N–H and O–H groups in total. The highest BCUT2D eigenvalue weighted by atomic mass is 16.5. The molecule has 0 aromatic heterocycles. The Hall–Kier alpha value is -5.74. The second kappa shape index (κ2) is 14.1. The Morgan fingerprint density at radius 2 is 1.52 bits per heavy atom. The van der Waals surface area contributed by atoms with Crippen molar-refractivity contribution in [1.82, 2.24) is 14.8 Å². The fraction of sp³-hybridized carbons (Fsp3) is 0.348. The standard InChI is InChI=1S/C46H46N4O6/c1-28-13-16-32(17-14-28)47-50-43(53)37-26-36-34(41(30-15-20-39(56-2)38(51)25-30)46(37,45(50)55)31-11-7-4-8-12-31)18-19-35-40(36)44(54)49(42(35)52)33-21-23-48(24-22-33)27-29-9-5-3-6-10-29/h3-18,20,25,33,35-37,40-41,47,51H,19,21-24,26-27H2,1-2H3/t35-,36+,37-,40-,41-,46+/m0/s1. The summed E-state index contributed by atoms with van der Waals surface area (Å²) < 4.78 is 5.41. The summed E-state index contributed by atoms with van der Waals surface area (Å²) in [6.07, 6.45) is 4.04. The Balaban J connectivity index is 1.11. The molecule has 4 amide bonds. The van der Waals surface area contributed by atoms with Gasteiger partial charge in [0.25, 0.3) is 11.8 Å². The molecule has 3 aliphatic heterocycles. The number of carbonyl (C=O) groups is 4. The fourth-order valence-electron chi connectivity index (χ4n) is 10.6. The lowest BCUT2D eigenvalue weighted by molar-refractivity contribution is -0.144. The van der Waals surface area contributed by atoms with Crippen molar-refractivity contribution in [3.8, 4) is 11.5 Å². The van der Waals surface area contributed by atoms with Crippen molar-refractivity contribution >= 4 is 29.3 Å². The van der Waals surface area contributed by atoms with Gasteiger partial charge in [0.1, 0.15) is 0 Å². The fourth-order valence-corrected chi connectivity index (χ4v) is 10.6. The summed E-state index contributed by atoms with van der Waals surface area (Å²) in [6.45, 7) is 4.36. The van der Waals surface area contributed by atoms with Crippen LogP contribution in [-0.4, -0.2) is 69.8 Å². The van der Waals surface area contributed by atoms with Crippen LogP contribution in [0.2, 0.25) is 0 Å². The average molecular weight is 751 g/mol. The molecule has 10 heteroatoms. The number of piperidine rings is 1. The van der Waals surface area contributed by atoms with Crippen LogP contribution in [0.3, 0.4) is 0 Å². The summed E-state index contributed by atoms with van der Waals surface area (Å²) >= 11 is 0. The van der Waals surface area contributed by atoms with Gasteiger partial charge in [0.05, 0.1) is 36.0 Å². The summed E-state index contributed by atoms with van der Waals surface area (Å²) in [4.78, 5) is 63.4. The zero-order valence-corrected chi connectivity index (χ0v) is 31.6. The number of hydrazine groups is 1. The third kappa shape index (κ3) is 5.64. The summed E-state index contributed by atoms with van der Waals surface area (Å²) in [6, 6.07) is 32.2. The number of likely N-dealkylation sites (tertiary alicyclic amines) is 2. The Morgan fingerprint density at radius 3 is 2.20 bits per heavy atom. The van der Waals surface area contributed by atoms with E-state index in [-0.39, 0.29) is 41.7 Å². The Morgan fingerprint density at radius 1 is 0.821 bits per heavy atom. The number of anilines is 1. The van der Waals surface area contributed by atoms with E-state index in [0.29, 0.717) is 36.1 Å². The van der Waals surface area contributed by atoms with Gasteiger partial charge in [0, 0.05) is 31.6 Å². The minimum absolute atomic E-state index is 0.0931. The molecule has 5 aliphatic rings. The molecule has 10 nitrogen and oxygen atoms in total. The van der Waals surface area contributed by atoms with E-state index in [0.717, 1.165) is 35.8 Å². The van der Waals surface area contributed by atoms with Crippen LogP contribution in [0.4, 0.5) is 5.69 Å². The van der Waals surface area contributed by atoms with Crippen molar-refractivity contribution < 1.29 is 29.0 Å². The van der Waals surface area contributed by atoms with Gasteiger partial charge in [-0.05, 0) is 79.5 Å². The average Bonchev–Trinajstić information content (AvgIpc) is 3.60. The predicted octanol–water partition coefficient (Wildman–Crippen LogP) is 6.36. The van der Waals surface area contributed by atoms with Crippen LogP contribution < -0.4 is 10.2 Å². The lowest BCUT2D eigenvalue weighted by Crippen LogP contribution is -2.53. The molecule has 9 rings (SSSR count). The van der Waals surface area contributed by atoms with Crippen molar-refractivity contribution in [3.05, 3.63) is 137 Å². The Labute approximate surface area is 326 Å². The predicted molar refractivity (Wildman–Crippen MR) is 210 cm³/mol. The largest absolute Gasteiger partial charge is 0.504 e. The molecule has 0 radical (unpaired) electrons.